The number of nitrogens with zero attached hydrogens (tertiary/aromatic N) is 2. The summed E-state index contributed by atoms with van der Waals surface area (Å²) in [5, 5.41) is 11.3. The Bertz CT molecular complexity index is 839. The predicted molar refractivity (Wildman–Crippen MR) is 82.2 cm³/mol. The minimum atomic E-state index is -1.11. The second-order valence-corrected chi connectivity index (χ2v) is 4.72. The smallest absolute Gasteiger partial charge is 0.409 e. The molecule has 0 aliphatic heterocycles. The van der Waals surface area contributed by atoms with Gasteiger partial charge in [0.1, 0.15) is 5.82 Å². The number of nitrogens with one attached hydrogen (secondary N) is 1. The molecule has 0 radical (unpaired) electrons. The molecular formula is C15H14N4O2. The van der Waals surface area contributed by atoms with Gasteiger partial charge in [0, 0.05) is 18.3 Å². The monoisotopic (exact) mass is 282 g/mol. The van der Waals surface area contributed by atoms with E-state index in [0.717, 1.165) is 16.6 Å². The summed E-state index contributed by atoms with van der Waals surface area (Å²) in [7, 11) is 1.89. The molecule has 0 fully saturated rings. The molecule has 0 saturated carbocycles. The molecular weight excluding hydrogens is 268 g/mol. The largest absolute Gasteiger partial charge is 0.465 e. The molecule has 0 bridgehead atoms. The van der Waals surface area contributed by atoms with Gasteiger partial charge in [-0.2, -0.15) is 0 Å². The Morgan fingerprint density at radius 3 is 2.81 bits per heavy atom. The molecule has 0 aliphatic rings. The summed E-state index contributed by atoms with van der Waals surface area (Å²) in [6.07, 6.45) is -1.11. The highest BCUT2D eigenvalue weighted by molar-refractivity contribution is 5.91. The summed E-state index contributed by atoms with van der Waals surface area (Å²) >= 11 is 0. The van der Waals surface area contributed by atoms with Gasteiger partial charge < -0.3 is 15.4 Å². The Balaban J connectivity index is 2.21. The summed E-state index contributed by atoms with van der Waals surface area (Å²) in [5.74, 6) is 0.681. The third kappa shape index (κ3) is 2.27. The van der Waals surface area contributed by atoms with Crippen LogP contribution in [0.3, 0.4) is 0 Å². The lowest BCUT2D eigenvalue weighted by molar-refractivity contribution is 0.210. The molecule has 0 aliphatic carbocycles. The number of para-hydroxylation sites is 1. The molecule has 6 heteroatoms. The van der Waals surface area contributed by atoms with E-state index in [-0.39, 0.29) is 0 Å². The van der Waals surface area contributed by atoms with Crippen LogP contribution in [0.4, 0.5) is 16.2 Å². The zero-order chi connectivity index (χ0) is 15.0. The van der Waals surface area contributed by atoms with Crippen molar-refractivity contribution >= 4 is 28.5 Å². The number of rotatable bonds is 2. The van der Waals surface area contributed by atoms with Gasteiger partial charge in [0.2, 0.25) is 0 Å². The highest BCUT2D eigenvalue weighted by Crippen LogP contribution is 2.30. The van der Waals surface area contributed by atoms with Gasteiger partial charge in [-0.05, 0) is 30.3 Å². The predicted octanol–water partition coefficient (Wildman–Crippen LogP) is 2.91. The first-order chi connectivity index (χ1) is 10.1. The van der Waals surface area contributed by atoms with Crippen LogP contribution in [0.15, 0.2) is 42.5 Å². The maximum atomic E-state index is 10.9. The Labute approximate surface area is 120 Å². The van der Waals surface area contributed by atoms with Crippen LogP contribution in [-0.4, -0.2) is 20.8 Å². The van der Waals surface area contributed by atoms with Crippen molar-refractivity contribution in [2.24, 2.45) is 7.05 Å². The molecule has 3 aromatic rings. The molecule has 106 valence electrons. The van der Waals surface area contributed by atoms with Crippen molar-refractivity contribution in [3.63, 3.8) is 0 Å². The van der Waals surface area contributed by atoms with Crippen molar-refractivity contribution in [3.8, 4) is 11.4 Å². The fraction of sp³-hybridized carbons (Fsp3) is 0.0667. The fourth-order valence-electron chi connectivity index (χ4n) is 2.36. The van der Waals surface area contributed by atoms with Gasteiger partial charge >= 0.3 is 6.09 Å². The highest BCUT2D eigenvalue weighted by atomic mass is 16.4. The first-order valence-electron chi connectivity index (χ1n) is 6.37. The van der Waals surface area contributed by atoms with Gasteiger partial charge in [-0.15, -0.1) is 0 Å². The molecule has 0 saturated heterocycles. The van der Waals surface area contributed by atoms with E-state index in [0.29, 0.717) is 17.2 Å². The molecule has 6 nitrogen and oxygen atoms in total. The molecule has 0 atom stereocenters. The number of aryl methyl sites for hydroxylation is 1. The van der Waals surface area contributed by atoms with Crippen molar-refractivity contribution in [2.45, 2.75) is 0 Å². The average molecular weight is 282 g/mol. The van der Waals surface area contributed by atoms with Crippen LogP contribution in [0.1, 0.15) is 0 Å². The normalized spacial score (nSPS) is 10.7. The van der Waals surface area contributed by atoms with E-state index in [1.165, 1.54) is 0 Å². The number of fused-ring (bicyclic) bond motifs is 1. The molecule has 1 heterocycles. The van der Waals surface area contributed by atoms with Gasteiger partial charge in [-0.25, -0.2) is 9.78 Å². The third-order valence-electron chi connectivity index (χ3n) is 3.31. The van der Waals surface area contributed by atoms with E-state index < -0.39 is 6.09 Å². The van der Waals surface area contributed by atoms with Gasteiger partial charge in [0.15, 0.2) is 0 Å². The first-order valence-corrected chi connectivity index (χ1v) is 6.37. The van der Waals surface area contributed by atoms with E-state index in [1.807, 2.05) is 35.9 Å². The number of nitrogens with two attached hydrogens (primary N) is 1. The number of anilines is 2. The van der Waals surface area contributed by atoms with E-state index in [2.05, 4.69) is 10.3 Å². The number of carboxylic acid groups (broad SMARTS) is 1. The molecule has 1 aromatic heterocycles. The third-order valence-corrected chi connectivity index (χ3v) is 3.31. The number of hydrogen-bond acceptors (Lipinski definition) is 3. The summed E-state index contributed by atoms with van der Waals surface area (Å²) < 4.78 is 1.91. The van der Waals surface area contributed by atoms with Crippen molar-refractivity contribution < 1.29 is 9.90 Å². The van der Waals surface area contributed by atoms with Crippen molar-refractivity contribution in [1.82, 2.24) is 9.55 Å². The number of nitrogen functional groups attached to an aromatic ring is 1. The van der Waals surface area contributed by atoms with E-state index in [1.54, 1.807) is 18.2 Å². The second kappa shape index (κ2) is 4.82. The maximum Gasteiger partial charge on any atom is 0.409 e. The van der Waals surface area contributed by atoms with Gasteiger partial charge in [-0.3, -0.25) is 5.32 Å². The number of carbonyl (C=O) groups is 1. The Morgan fingerprint density at radius 1 is 1.29 bits per heavy atom. The minimum Gasteiger partial charge on any atom is -0.465 e. The molecule has 3 rings (SSSR count). The molecule has 0 spiro atoms. The molecule has 2 aromatic carbocycles. The van der Waals surface area contributed by atoms with E-state index >= 15 is 0 Å². The lowest BCUT2D eigenvalue weighted by Gasteiger charge is -2.08. The van der Waals surface area contributed by atoms with Crippen LogP contribution in [0.2, 0.25) is 0 Å². The van der Waals surface area contributed by atoms with Crippen molar-refractivity contribution in [3.05, 3.63) is 42.5 Å². The topological polar surface area (TPSA) is 93.2 Å². The summed E-state index contributed by atoms with van der Waals surface area (Å²) in [6.45, 7) is 0. The molecule has 0 unspecified atom stereocenters. The van der Waals surface area contributed by atoms with Crippen LogP contribution in [0.25, 0.3) is 22.4 Å². The number of benzene rings is 2. The average Bonchev–Trinajstić information content (AvgIpc) is 2.75. The minimum absolute atomic E-state index is 0.497. The Kier molecular flexibility index (Phi) is 2.98. The lowest BCUT2D eigenvalue weighted by atomic mass is 10.1. The van der Waals surface area contributed by atoms with Crippen LogP contribution < -0.4 is 11.1 Å². The Hall–Kier alpha value is -3.02. The first kappa shape index (κ1) is 13.0. The lowest BCUT2D eigenvalue weighted by Crippen LogP contribution is -2.08. The number of hydrogen-bond donors (Lipinski definition) is 3. The zero-order valence-corrected chi connectivity index (χ0v) is 11.4. The summed E-state index contributed by atoms with van der Waals surface area (Å²) in [5.41, 5.74) is 9.35. The second-order valence-electron chi connectivity index (χ2n) is 4.72. The van der Waals surface area contributed by atoms with Crippen molar-refractivity contribution in [1.29, 1.82) is 0 Å². The summed E-state index contributed by atoms with van der Waals surface area (Å²) in [6, 6.07) is 12.7. The van der Waals surface area contributed by atoms with Crippen LogP contribution in [-0.2, 0) is 7.05 Å². The van der Waals surface area contributed by atoms with Gasteiger partial charge in [0.05, 0.1) is 16.7 Å². The van der Waals surface area contributed by atoms with E-state index in [9.17, 15) is 4.79 Å². The van der Waals surface area contributed by atoms with Crippen molar-refractivity contribution in [2.75, 3.05) is 11.1 Å². The summed E-state index contributed by atoms with van der Waals surface area (Å²) in [4.78, 5) is 15.5. The van der Waals surface area contributed by atoms with Crippen LogP contribution >= 0.6 is 0 Å². The number of amides is 1. The van der Waals surface area contributed by atoms with E-state index in [4.69, 9.17) is 10.8 Å². The van der Waals surface area contributed by atoms with Crippen LogP contribution in [0, 0.1) is 0 Å². The number of aromatic nitrogens is 2. The number of imidazole rings is 1. The molecule has 1 amide bonds. The Morgan fingerprint density at radius 2 is 2.05 bits per heavy atom. The van der Waals surface area contributed by atoms with Gasteiger partial charge in [0.25, 0.3) is 0 Å². The molecule has 21 heavy (non-hydrogen) atoms. The highest BCUT2D eigenvalue weighted by Gasteiger charge is 2.14. The van der Waals surface area contributed by atoms with Gasteiger partial charge in [-0.1, -0.05) is 12.1 Å². The SMILES string of the molecule is Cn1c(-c2ccccc2NC(=O)O)nc2cc(N)ccc21. The quantitative estimate of drug-likeness (QED) is 0.630. The fourth-order valence-corrected chi connectivity index (χ4v) is 2.36. The standard InChI is InChI=1S/C15H14N4O2/c1-19-13-7-6-9(16)8-12(13)17-14(19)10-4-2-3-5-11(10)18-15(20)21/h2-8,18H,16H2,1H3,(H,20,21). The molecule has 4 N–H and O–H groups in total. The maximum absolute atomic E-state index is 10.9. The zero-order valence-electron chi connectivity index (χ0n) is 11.4. The van der Waals surface area contributed by atoms with Crippen LogP contribution in [0.5, 0.6) is 0 Å².